The van der Waals surface area contributed by atoms with Crippen molar-refractivity contribution in [1.29, 1.82) is 5.26 Å². The number of hydrogen-bond acceptors (Lipinski definition) is 13. The molecule has 0 spiro atoms. The van der Waals surface area contributed by atoms with E-state index in [9.17, 15) is 29.5 Å². The number of benzene rings is 2. The first kappa shape index (κ1) is 52.7. The van der Waals surface area contributed by atoms with E-state index in [-0.39, 0.29) is 55.7 Å². The third kappa shape index (κ3) is 11.1. The van der Waals surface area contributed by atoms with Gasteiger partial charge in [-0.25, -0.2) is 9.97 Å². The molecule has 2 saturated carbocycles. The van der Waals surface area contributed by atoms with Gasteiger partial charge in [-0.3, -0.25) is 24.1 Å². The normalized spacial score (nSPS) is 24.5. The maximum atomic E-state index is 14.2. The van der Waals surface area contributed by atoms with Crippen LogP contribution in [0, 0.1) is 34.5 Å². The molecular weight excluding hydrogens is 954 g/mol. The number of nitriles is 1. The molecule has 1 unspecified atom stereocenters. The van der Waals surface area contributed by atoms with Crippen molar-refractivity contribution >= 4 is 52.4 Å². The lowest BCUT2D eigenvalue weighted by molar-refractivity contribution is -0.164. The van der Waals surface area contributed by atoms with Gasteiger partial charge in [-0.05, 0) is 67.5 Å². The van der Waals surface area contributed by atoms with Gasteiger partial charge in [0.05, 0.1) is 50.5 Å². The van der Waals surface area contributed by atoms with E-state index >= 15 is 0 Å². The number of carbonyl (C=O) groups excluding carboxylic acids is 4. The largest absolute Gasteiger partial charge is 0.489 e. The first-order valence-corrected chi connectivity index (χ1v) is 26.1. The number of rotatable bonds is 15. The number of amides is 4. The molecular formula is C54H68ClN9O7S. The Labute approximate surface area is 431 Å². The summed E-state index contributed by atoms with van der Waals surface area (Å²) in [6.07, 6.45) is 2.14. The molecule has 4 amide bonds. The maximum Gasteiger partial charge on any atom is 0.253 e. The van der Waals surface area contributed by atoms with Gasteiger partial charge in [0.1, 0.15) is 42.4 Å². The Bertz CT molecular complexity index is 2650. The second-order valence-corrected chi connectivity index (χ2v) is 23.4. The van der Waals surface area contributed by atoms with Crippen molar-refractivity contribution in [3.8, 4) is 22.3 Å². The number of nitrogens with zero attached hydrogens (tertiary/aromatic N) is 6. The molecule has 4 aromatic rings. The van der Waals surface area contributed by atoms with E-state index in [1.54, 1.807) is 35.7 Å². The minimum Gasteiger partial charge on any atom is -0.489 e. The van der Waals surface area contributed by atoms with Crippen LogP contribution in [0.3, 0.4) is 0 Å². The molecule has 72 heavy (non-hydrogen) atoms. The number of carbonyl (C=O) groups is 4. The molecule has 0 radical (unpaired) electrons. The van der Waals surface area contributed by atoms with Crippen molar-refractivity contribution < 1.29 is 33.8 Å². The average molecular weight is 1020 g/mol. The standard InChI is InChI=1S/C54H68ClN9O7S/c1-31(33-10-12-34(13-11-33)45-32(2)58-30-72-45)59-48(68)42-24-38(65)28-64(42)49(69)46(52(3,4)5)60-44(66)29-70-40-22-37(23-40)62-18-20-63(21-19-62)43-17-15-36(27-57-43)47(67)61-50-53(6,7)51(54(50,8)9)71-39-16-14-35(26-56)41(55)25-39/h10-17,25,27,30-31,37-38,40,42,46,50-51,65H,18-24,28-29H2,1-9H3,(H,59,68)(H,60,66)(H,61,67)/t31-,37?,38+,40?,42-,46?,50?,51?/m0/s1. The third-order valence-corrected chi connectivity index (χ3v) is 16.5. The van der Waals surface area contributed by atoms with E-state index in [1.165, 1.54) is 4.90 Å². The fourth-order valence-corrected chi connectivity index (χ4v) is 12.2. The molecule has 2 aliphatic carbocycles. The van der Waals surface area contributed by atoms with Crippen LogP contribution in [0.5, 0.6) is 5.75 Å². The molecule has 2 saturated heterocycles. The number of aliphatic hydroxyl groups excluding tert-OH is 1. The van der Waals surface area contributed by atoms with Crippen LogP contribution in [0.15, 0.2) is 66.3 Å². The van der Waals surface area contributed by atoms with Gasteiger partial charge < -0.3 is 40.3 Å². The maximum absolute atomic E-state index is 14.2. The number of thiazole rings is 1. The monoisotopic (exact) mass is 1020 g/mol. The molecule has 2 aliphatic heterocycles. The summed E-state index contributed by atoms with van der Waals surface area (Å²) in [6.45, 7) is 20.8. The topological polar surface area (TPSA) is 202 Å². The minimum absolute atomic E-state index is 0.0103. The highest BCUT2D eigenvalue weighted by Crippen LogP contribution is 2.55. The first-order chi connectivity index (χ1) is 34.0. The number of aromatic nitrogens is 2. The zero-order valence-electron chi connectivity index (χ0n) is 42.7. The number of hydrogen-bond donors (Lipinski definition) is 4. The van der Waals surface area contributed by atoms with E-state index in [4.69, 9.17) is 21.1 Å². The van der Waals surface area contributed by atoms with Crippen molar-refractivity contribution in [2.24, 2.45) is 16.2 Å². The van der Waals surface area contributed by atoms with Crippen LogP contribution in [-0.4, -0.2) is 130 Å². The van der Waals surface area contributed by atoms with Crippen LogP contribution in [-0.2, 0) is 19.1 Å². The van der Waals surface area contributed by atoms with E-state index in [0.717, 1.165) is 66.5 Å². The first-order valence-electron chi connectivity index (χ1n) is 24.9. The molecule has 16 nitrogen and oxygen atoms in total. The molecule has 0 bridgehead atoms. The Morgan fingerprint density at radius 3 is 2.25 bits per heavy atom. The Hall–Kier alpha value is -5.64. The van der Waals surface area contributed by atoms with Gasteiger partial charge in [0.25, 0.3) is 5.91 Å². The molecule has 4 fully saturated rings. The van der Waals surface area contributed by atoms with Crippen LogP contribution in [0.2, 0.25) is 5.02 Å². The molecule has 4 atom stereocenters. The predicted molar refractivity (Wildman–Crippen MR) is 277 cm³/mol. The van der Waals surface area contributed by atoms with Gasteiger partial charge in [-0.2, -0.15) is 5.26 Å². The number of nitrogens with one attached hydrogen (secondary N) is 3. The summed E-state index contributed by atoms with van der Waals surface area (Å²) in [5.41, 5.74) is 4.13. The number of β-amino-alcohol motifs (C(OH)–C–C–N with tert-alkyl or cyclic N) is 1. The van der Waals surface area contributed by atoms with Crippen LogP contribution >= 0.6 is 22.9 Å². The van der Waals surface area contributed by atoms with Gasteiger partial charge in [0.2, 0.25) is 17.7 Å². The average Bonchev–Trinajstić information content (AvgIpc) is 3.95. The molecule has 2 aromatic heterocycles. The summed E-state index contributed by atoms with van der Waals surface area (Å²) in [5, 5.41) is 29.5. The summed E-state index contributed by atoms with van der Waals surface area (Å²) < 4.78 is 12.4. The Kier molecular flexibility index (Phi) is 15.4. The summed E-state index contributed by atoms with van der Waals surface area (Å²) >= 11 is 7.84. The van der Waals surface area contributed by atoms with Crippen LogP contribution < -0.4 is 25.6 Å². The second-order valence-electron chi connectivity index (χ2n) is 22.2. The van der Waals surface area contributed by atoms with Crippen molar-refractivity contribution in [2.45, 2.75) is 130 Å². The third-order valence-electron chi connectivity index (χ3n) is 15.2. The lowest BCUT2D eigenvalue weighted by Crippen LogP contribution is -2.74. The number of piperazine rings is 1. The Morgan fingerprint density at radius 2 is 1.65 bits per heavy atom. The zero-order valence-corrected chi connectivity index (χ0v) is 44.3. The van der Waals surface area contributed by atoms with Crippen molar-refractivity contribution in [2.75, 3.05) is 44.2 Å². The SMILES string of the molecule is Cc1ncsc1-c1ccc([C@H](C)NC(=O)[C@@H]2C[C@@H](O)CN2C(=O)C(NC(=O)COC2CC(N3CCN(c4ccc(C(=O)NC5C(C)(C)C(Oc6ccc(C#N)c(Cl)c6)C5(C)C)cn4)CC3)C2)C(C)(C)C)cc1. The summed E-state index contributed by atoms with van der Waals surface area (Å²) in [4.78, 5) is 71.0. The number of aryl methyl sites for hydroxylation is 1. The summed E-state index contributed by atoms with van der Waals surface area (Å²) in [6, 6.07) is 16.8. The van der Waals surface area contributed by atoms with Crippen molar-refractivity contribution in [3.05, 3.63) is 93.7 Å². The Morgan fingerprint density at radius 1 is 0.958 bits per heavy atom. The fourth-order valence-electron chi connectivity index (χ4n) is 11.2. The second kappa shape index (κ2) is 21.1. The number of anilines is 1. The highest BCUT2D eigenvalue weighted by atomic mass is 35.5. The van der Waals surface area contributed by atoms with Crippen LogP contribution in [0.25, 0.3) is 10.4 Å². The van der Waals surface area contributed by atoms with Gasteiger partial charge >= 0.3 is 0 Å². The number of pyridine rings is 1. The number of aliphatic hydroxyl groups is 1. The lowest BCUT2D eigenvalue weighted by Gasteiger charge is -2.63. The van der Waals surface area contributed by atoms with E-state index in [1.807, 2.05) is 76.5 Å². The minimum atomic E-state index is -0.952. The Balaban J connectivity index is 0.759. The van der Waals surface area contributed by atoms with Crippen molar-refractivity contribution in [1.82, 2.24) is 35.7 Å². The molecule has 4 N–H and O–H groups in total. The molecule has 2 aromatic carbocycles. The fraction of sp³-hybridized carbons (Fsp3) is 0.537. The van der Waals surface area contributed by atoms with Gasteiger partial charge in [0.15, 0.2) is 0 Å². The molecule has 4 heterocycles. The summed E-state index contributed by atoms with van der Waals surface area (Å²) in [5.74, 6) is -0.00283. The molecule has 4 aliphatic rings. The lowest BCUT2D eigenvalue weighted by atomic mass is 9.49. The molecule has 18 heteroatoms. The van der Waals surface area contributed by atoms with Gasteiger partial charge in [0, 0.05) is 74.3 Å². The van der Waals surface area contributed by atoms with Gasteiger partial charge in [-0.15, -0.1) is 11.3 Å². The zero-order chi connectivity index (χ0) is 51.9. The van der Waals surface area contributed by atoms with Crippen LogP contribution in [0.1, 0.15) is 108 Å². The number of halogens is 1. The highest BCUT2D eigenvalue weighted by molar-refractivity contribution is 7.13. The van der Waals surface area contributed by atoms with Crippen LogP contribution in [0.4, 0.5) is 5.82 Å². The molecule has 384 valence electrons. The highest BCUT2D eigenvalue weighted by Gasteiger charge is 2.64. The van der Waals surface area contributed by atoms with E-state index in [0.29, 0.717) is 27.9 Å². The van der Waals surface area contributed by atoms with Crippen molar-refractivity contribution in [3.63, 3.8) is 0 Å². The van der Waals surface area contributed by atoms with E-state index in [2.05, 4.69) is 69.5 Å². The molecule has 8 rings (SSSR count). The summed E-state index contributed by atoms with van der Waals surface area (Å²) in [7, 11) is 0. The van der Waals surface area contributed by atoms with E-state index < -0.39 is 46.2 Å². The quantitative estimate of drug-likeness (QED) is 0.0985. The smallest absolute Gasteiger partial charge is 0.253 e. The van der Waals surface area contributed by atoms with Gasteiger partial charge in [-0.1, -0.05) is 84.3 Å². The number of ether oxygens (including phenoxy) is 2. The predicted octanol–water partition coefficient (Wildman–Crippen LogP) is 6.69. The number of likely N-dealkylation sites (tertiary alicyclic amines) is 1.